The highest BCUT2D eigenvalue weighted by molar-refractivity contribution is 5.77. The third kappa shape index (κ3) is 2.79. The van der Waals surface area contributed by atoms with E-state index >= 15 is 0 Å². The highest BCUT2D eigenvalue weighted by Gasteiger charge is 1.97. The maximum atomic E-state index is 10.5. The average Bonchev–Trinajstić information content (AvgIpc) is 2.35. The summed E-state index contributed by atoms with van der Waals surface area (Å²) in [6.45, 7) is 2.52. The molecule has 1 heterocycles. The summed E-state index contributed by atoms with van der Waals surface area (Å²) in [5.74, 6) is 0.124. The molecule has 0 saturated heterocycles. The van der Waals surface area contributed by atoms with Gasteiger partial charge >= 0.3 is 0 Å². The summed E-state index contributed by atoms with van der Waals surface area (Å²) in [7, 11) is 1.81. The summed E-state index contributed by atoms with van der Waals surface area (Å²) in [4.78, 5) is 10.5. The molecule has 12 heavy (non-hydrogen) atoms. The van der Waals surface area contributed by atoms with Crippen LogP contribution in [0.1, 0.15) is 12.6 Å². The number of ketones is 1. The Bertz CT molecular complexity index is 268. The zero-order valence-corrected chi connectivity index (χ0v) is 7.24. The molecule has 0 unspecified atom stereocenters. The molecule has 0 atom stereocenters. The van der Waals surface area contributed by atoms with Crippen LogP contribution in [0, 0.1) is 0 Å². The predicted molar refractivity (Wildman–Crippen MR) is 43.4 cm³/mol. The zero-order chi connectivity index (χ0) is 8.97. The molecule has 1 aromatic heterocycles. The van der Waals surface area contributed by atoms with Gasteiger partial charge < -0.3 is 5.32 Å². The molecule has 1 N–H and O–H groups in total. The van der Waals surface area contributed by atoms with Crippen LogP contribution in [0.2, 0.25) is 0 Å². The van der Waals surface area contributed by atoms with Crippen molar-refractivity contribution in [2.45, 2.75) is 13.5 Å². The van der Waals surface area contributed by atoms with Gasteiger partial charge in [-0.3, -0.25) is 9.48 Å². The van der Waals surface area contributed by atoms with Gasteiger partial charge in [-0.1, -0.05) is 5.21 Å². The number of Topliss-reactive ketones (excluding diaryl/α,β-unsaturated/α-hetero) is 1. The second-order valence-electron chi connectivity index (χ2n) is 2.69. The van der Waals surface area contributed by atoms with Crippen molar-refractivity contribution in [1.82, 2.24) is 20.3 Å². The lowest BCUT2D eigenvalue weighted by Crippen LogP contribution is -2.20. The van der Waals surface area contributed by atoms with Crippen molar-refractivity contribution in [3.63, 3.8) is 0 Å². The molecule has 0 aromatic carbocycles. The summed E-state index contributed by atoms with van der Waals surface area (Å²) in [6, 6.07) is 0. The highest BCUT2D eigenvalue weighted by atomic mass is 16.1. The van der Waals surface area contributed by atoms with Crippen molar-refractivity contribution >= 4 is 5.78 Å². The number of rotatable bonds is 4. The fourth-order valence-corrected chi connectivity index (χ4v) is 0.843. The van der Waals surface area contributed by atoms with Crippen molar-refractivity contribution in [3.05, 3.63) is 11.9 Å². The van der Waals surface area contributed by atoms with Gasteiger partial charge in [0, 0.05) is 19.8 Å². The lowest BCUT2D eigenvalue weighted by molar-refractivity contribution is -0.116. The van der Waals surface area contributed by atoms with Gasteiger partial charge in [0.15, 0.2) is 0 Å². The van der Waals surface area contributed by atoms with Gasteiger partial charge in [0.25, 0.3) is 0 Å². The number of nitrogens with one attached hydrogen (secondary N) is 1. The van der Waals surface area contributed by atoms with E-state index in [0.29, 0.717) is 13.1 Å². The smallest absolute Gasteiger partial charge is 0.143 e. The minimum Gasteiger partial charge on any atom is -0.304 e. The van der Waals surface area contributed by atoms with E-state index in [1.807, 2.05) is 13.2 Å². The number of carbonyl (C=O) groups is 1. The molecule has 0 spiro atoms. The Kier molecular flexibility index (Phi) is 2.93. The Morgan fingerprint density at radius 2 is 2.50 bits per heavy atom. The first-order chi connectivity index (χ1) is 5.68. The van der Waals surface area contributed by atoms with Crippen LogP contribution in [0.4, 0.5) is 0 Å². The predicted octanol–water partition coefficient (Wildman–Crippen LogP) is -0.506. The molecule has 5 nitrogen and oxygen atoms in total. The van der Waals surface area contributed by atoms with Gasteiger partial charge in [0.05, 0.1) is 12.2 Å². The van der Waals surface area contributed by atoms with Crippen LogP contribution in [0.5, 0.6) is 0 Å². The Morgan fingerprint density at radius 3 is 3.00 bits per heavy atom. The van der Waals surface area contributed by atoms with Crippen molar-refractivity contribution in [2.75, 3.05) is 6.54 Å². The Hall–Kier alpha value is -1.23. The minimum atomic E-state index is 0.124. The van der Waals surface area contributed by atoms with Crippen molar-refractivity contribution in [2.24, 2.45) is 7.05 Å². The van der Waals surface area contributed by atoms with E-state index in [4.69, 9.17) is 0 Å². The highest BCUT2D eigenvalue weighted by Crippen LogP contribution is 1.88. The first kappa shape index (κ1) is 8.86. The van der Waals surface area contributed by atoms with Crippen molar-refractivity contribution < 1.29 is 4.79 Å². The first-order valence-corrected chi connectivity index (χ1v) is 3.74. The lowest BCUT2D eigenvalue weighted by Gasteiger charge is -1.96. The van der Waals surface area contributed by atoms with Crippen LogP contribution in [0.3, 0.4) is 0 Å². The third-order valence-corrected chi connectivity index (χ3v) is 1.33. The normalized spacial score (nSPS) is 10.2. The molecule has 1 rings (SSSR count). The minimum absolute atomic E-state index is 0.124. The maximum absolute atomic E-state index is 10.5. The number of hydrogen-bond acceptors (Lipinski definition) is 4. The summed E-state index contributed by atoms with van der Waals surface area (Å²) < 4.78 is 1.63. The van der Waals surface area contributed by atoms with E-state index in [0.717, 1.165) is 5.69 Å². The monoisotopic (exact) mass is 168 g/mol. The van der Waals surface area contributed by atoms with E-state index in [-0.39, 0.29) is 5.78 Å². The molecular weight excluding hydrogens is 156 g/mol. The molecule has 0 amide bonds. The topological polar surface area (TPSA) is 59.8 Å². The van der Waals surface area contributed by atoms with Gasteiger partial charge in [0.1, 0.15) is 5.78 Å². The van der Waals surface area contributed by atoms with E-state index < -0.39 is 0 Å². The Morgan fingerprint density at radius 1 is 1.75 bits per heavy atom. The molecule has 1 aromatic rings. The van der Waals surface area contributed by atoms with E-state index in [1.165, 1.54) is 0 Å². The molecule has 66 valence electrons. The molecule has 0 aliphatic heterocycles. The van der Waals surface area contributed by atoms with Crippen LogP contribution < -0.4 is 5.32 Å². The van der Waals surface area contributed by atoms with Crippen LogP contribution in [0.25, 0.3) is 0 Å². The molecular formula is C7H12N4O. The van der Waals surface area contributed by atoms with E-state index in [1.54, 1.807) is 11.6 Å². The quantitative estimate of drug-likeness (QED) is 0.658. The fraction of sp³-hybridized carbons (Fsp3) is 0.571. The van der Waals surface area contributed by atoms with Gasteiger partial charge in [-0.2, -0.15) is 0 Å². The van der Waals surface area contributed by atoms with E-state index in [2.05, 4.69) is 15.6 Å². The Labute approximate surface area is 70.8 Å². The summed E-state index contributed by atoms with van der Waals surface area (Å²) in [5, 5.41) is 10.6. The van der Waals surface area contributed by atoms with Crippen LogP contribution >= 0.6 is 0 Å². The lowest BCUT2D eigenvalue weighted by atomic mass is 10.4. The van der Waals surface area contributed by atoms with Crippen molar-refractivity contribution in [1.29, 1.82) is 0 Å². The maximum Gasteiger partial charge on any atom is 0.143 e. The number of hydrogen-bond donors (Lipinski definition) is 1. The molecule has 0 aliphatic rings. The third-order valence-electron chi connectivity index (χ3n) is 1.33. The number of aryl methyl sites for hydroxylation is 1. The van der Waals surface area contributed by atoms with Gasteiger partial charge in [-0.25, -0.2) is 0 Å². The van der Waals surface area contributed by atoms with Gasteiger partial charge in [-0.15, -0.1) is 5.10 Å². The molecule has 0 aliphatic carbocycles. The van der Waals surface area contributed by atoms with Crippen LogP contribution in [-0.4, -0.2) is 27.3 Å². The second kappa shape index (κ2) is 3.96. The summed E-state index contributed by atoms with van der Waals surface area (Å²) in [5.41, 5.74) is 0.846. The van der Waals surface area contributed by atoms with Crippen LogP contribution in [-0.2, 0) is 18.4 Å². The summed E-state index contributed by atoms with van der Waals surface area (Å²) in [6.07, 6.45) is 1.81. The summed E-state index contributed by atoms with van der Waals surface area (Å²) >= 11 is 0. The van der Waals surface area contributed by atoms with Gasteiger partial charge in [0.2, 0.25) is 0 Å². The number of carbonyl (C=O) groups excluding carboxylic acids is 1. The zero-order valence-electron chi connectivity index (χ0n) is 7.24. The van der Waals surface area contributed by atoms with Crippen LogP contribution in [0.15, 0.2) is 6.20 Å². The Balaban J connectivity index is 2.29. The standard InChI is InChI=1S/C7H12N4O/c1-6(12)3-8-4-7-5-11(2)10-9-7/h5,8H,3-4H2,1-2H3. The molecule has 5 heteroatoms. The molecule has 0 radical (unpaired) electrons. The number of aromatic nitrogens is 3. The average molecular weight is 168 g/mol. The fourth-order valence-electron chi connectivity index (χ4n) is 0.843. The van der Waals surface area contributed by atoms with Gasteiger partial charge in [-0.05, 0) is 6.92 Å². The molecule has 0 saturated carbocycles. The van der Waals surface area contributed by atoms with Crippen molar-refractivity contribution in [3.8, 4) is 0 Å². The SMILES string of the molecule is CC(=O)CNCc1cn(C)nn1. The second-order valence-corrected chi connectivity index (χ2v) is 2.69. The first-order valence-electron chi connectivity index (χ1n) is 3.74. The molecule has 0 bridgehead atoms. The largest absolute Gasteiger partial charge is 0.304 e. The van der Waals surface area contributed by atoms with E-state index in [9.17, 15) is 4.79 Å². The number of nitrogens with zero attached hydrogens (tertiary/aromatic N) is 3. The molecule has 0 fully saturated rings.